The second-order valence-electron chi connectivity index (χ2n) is 4.89. The predicted molar refractivity (Wildman–Crippen MR) is 75.5 cm³/mol. The van der Waals surface area contributed by atoms with E-state index in [9.17, 15) is 0 Å². The molecule has 98 valence electrons. The third-order valence-electron chi connectivity index (χ3n) is 3.48. The van der Waals surface area contributed by atoms with E-state index in [1.54, 1.807) is 0 Å². The van der Waals surface area contributed by atoms with Gasteiger partial charge in [-0.15, -0.1) is 0 Å². The molecule has 0 aliphatic heterocycles. The summed E-state index contributed by atoms with van der Waals surface area (Å²) in [6, 6.07) is 12.1. The van der Waals surface area contributed by atoms with Crippen molar-refractivity contribution in [3.05, 3.63) is 53.2 Å². The molecule has 0 unspecified atom stereocenters. The van der Waals surface area contributed by atoms with E-state index in [1.165, 1.54) is 23.2 Å². The molecular weight excluding hydrogens is 236 g/mol. The van der Waals surface area contributed by atoms with Crippen molar-refractivity contribution in [2.45, 2.75) is 25.7 Å². The number of hydrogen-bond acceptors (Lipinski definition) is 3. The number of aryl methyl sites for hydroxylation is 2. The van der Waals surface area contributed by atoms with E-state index < -0.39 is 0 Å². The van der Waals surface area contributed by atoms with Crippen LogP contribution < -0.4 is 10.5 Å². The number of pyridine rings is 1. The summed E-state index contributed by atoms with van der Waals surface area (Å²) < 4.78 is 5.79. The molecule has 2 aromatic rings. The summed E-state index contributed by atoms with van der Waals surface area (Å²) in [6.07, 6.45) is 4.33. The quantitative estimate of drug-likeness (QED) is 0.912. The zero-order chi connectivity index (χ0) is 13.1. The van der Waals surface area contributed by atoms with Crippen molar-refractivity contribution < 1.29 is 4.74 Å². The molecule has 0 bridgehead atoms. The average Bonchev–Trinajstić information content (AvgIpc) is 2.89. The van der Waals surface area contributed by atoms with Crippen LogP contribution in [0, 0.1) is 0 Å². The van der Waals surface area contributed by atoms with Crippen molar-refractivity contribution in [1.29, 1.82) is 0 Å². The van der Waals surface area contributed by atoms with E-state index in [4.69, 9.17) is 10.5 Å². The molecule has 0 saturated carbocycles. The van der Waals surface area contributed by atoms with Gasteiger partial charge in [-0.05, 0) is 55.5 Å². The fraction of sp³-hybridized carbons (Fsp3) is 0.312. The first-order chi connectivity index (χ1) is 9.35. The molecule has 19 heavy (non-hydrogen) atoms. The highest BCUT2D eigenvalue weighted by atomic mass is 16.5. The third kappa shape index (κ3) is 2.76. The van der Waals surface area contributed by atoms with Crippen LogP contribution in [0.5, 0.6) is 11.6 Å². The molecule has 0 atom stereocenters. The van der Waals surface area contributed by atoms with Gasteiger partial charge < -0.3 is 10.5 Å². The van der Waals surface area contributed by atoms with Crippen molar-refractivity contribution >= 4 is 0 Å². The van der Waals surface area contributed by atoms with Gasteiger partial charge in [-0.25, -0.2) is 4.98 Å². The van der Waals surface area contributed by atoms with Gasteiger partial charge >= 0.3 is 0 Å². The molecule has 0 amide bonds. The summed E-state index contributed by atoms with van der Waals surface area (Å²) >= 11 is 0. The molecule has 3 nitrogen and oxygen atoms in total. The Bertz CT molecular complexity index is 563. The number of nitrogens with zero attached hydrogens (tertiary/aromatic N) is 1. The van der Waals surface area contributed by atoms with E-state index in [0.717, 1.165) is 25.0 Å². The van der Waals surface area contributed by atoms with Crippen molar-refractivity contribution in [3.63, 3.8) is 0 Å². The summed E-state index contributed by atoms with van der Waals surface area (Å²) in [5.74, 6) is 1.51. The zero-order valence-corrected chi connectivity index (χ0v) is 10.9. The molecule has 2 N–H and O–H groups in total. The predicted octanol–water partition coefficient (Wildman–Crippen LogP) is 2.86. The smallest absolute Gasteiger partial charge is 0.219 e. The molecule has 0 radical (unpaired) electrons. The van der Waals surface area contributed by atoms with Crippen LogP contribution in [0.3, 0.4) is 0 Å². The van der Waals surface area contributed by atoms with Crippen LogP contribution in [0.15, 0.2) is 36.4 Å². The molecule has 1 aromatic heterocycles. The topological polar surface area (TPSA) is 48.1 Å². The van der Waals surface area contributed by atoms with Crippen molar-refractivity contribution in [3.8, 4) is 11.6 Å². The first-order valence-corrected chi connectivity index (χ1v) is 6.81. The van der Waals surface area contributed by atoms with Gasteiger partial charge in [-0.1, -0.05) is 18.2 Å². The maximum absolute atomic E-state index is 5.79. The van der Waals surface area contributed by atoms with E-state index in [-0.39, 0.29) is 0 Å². The Morgan fingerprint density at radius 3 is 2.68 bits per heavy atom. The summed E-state index contributed by atoms with van der Waals surface area (Å²) in [5, 5.41) is 0. The van der Waals surface area contributed by atoms with Gasteiger partial charge in [0.05, 0.1) is 0 Å². The SMILES string of the molecule is NCCc1ccc(Oc2ccc3c(n2)CCC3)cc1. The van der Waals surface area contributed by atoms with Gasteiger partial charge in [-0.3, -0.25) is 0 Å². The van der Waals surface area contributed by atoms with E-state index >= 15 is 0 Å². The average molecular weight is 254 g/mol. The molecule has 1 aromatic carbocycles. The van der Waals surface area contributed by atoms with Crippen LogP contribution in [-0.2, 0) is 19.3 Å². The summed E-state index contributed by atoms with van der Waals surface area (Å²) in [4.78, 5) is 4.57. The summed E-state index contributed by atoms with van der Waals surface area (Å²) in [7, 11) is 0. The summed E-state index contributed by atoms with van der Waals surface area (Å²) in [6.45, 7) is 0.673. The summed E-state index contributed by atoms with van der Waals surface area (Å²) in [5.41, 5.74) is 9.32. The molecule has 1 aliphatic rings. The fourth-order valence-electron chi connectivity index (χ4n) is 2.47. The fourth-order valence-corrected chi connectivity index (χ4v) is 2.47. The molecule has 1 heterocycles. The molecule has 0 saturated heterocycles. The largest absolute Gasteiger partial charge is 0.439 e. The van der Waals surface area contributed by atoms with Crippen LogP contribution in [0.4, 0.5) is 0 Å². The monoisotopic (exact) mass is 254 g/mol. The Balaban J connectivity index is 1.74. The maximum Gasteiger partial charge on any atom is 0.219 e. The second-order valence-corrected chi connectivity index (χ2v) is 4.89. The number of benzene rings is 1. The second kappa shape index (κ2) is 5.41. The standard InChI is InChI=1S/C16H18N2O/c17-11-10-12-4-7-14(8-5-12)19-16-9-6-13-2-1-3-15(13)18-16/h4-9H,1-3,10-11,17H2. The highest BCUT2D eigenvalue weighted by molar-refractivity contribution is 5.34. The van der Waals surface area contributed by atoms with Crippen molar-refractivity contribution in [2.75, 3.05) is 6.54 Å². The Kier molecular flexibility index (Phi) is 3.47. The van der Waals surface area contributed by atoms with Gasteiger partial charge in [-0.2, -0.15) is 0 Å². The molecule has 3 heteroatoms. The van der Waals surface area contributed by atoms with Crippen molar-refractivity contribution in [2.24, 2.45) is 5.73 Å². The van der Waals surface area contributed by atoms with Crippen LogP contribution in [-0.4, -0.2) is 11.5 Å². The number of nitrogens with two attached hydrogens (primary N) is 1. The minimum atomic E-state index is 0.673. The van der Waals surface area contributed by atoms with Crippen LogP contribution in [0.1, 0.15) is 23.2 Å². The lowest BCUT2D eigenvalue weighted by Gasteiger charge is -2.07. The first-order valence-electron chi connectivity index (χ1n) is 6.81. The molecular formula is C16H18N2O. The Morgan fingerprint density at radius 2 is 1.89 bits per heavy atom. The Hall–Kier alpha value is -1.87. The van der Waals surface area contributed by atoms with E-state index in [0.29, 0.717) is 12.4 Å². The minimum absolute atomic E-state index is 0.673. The number of rotatable bonds is 4. The number of ether oxygens (including phenoxy) is 1. The third-order valence-corrected chi connectivity index (χ3v) is 3.48. The molecule has 0 fully saturated rings. The molecule has 1 aliphatic carbocycles. The number of aromatic nitrogens is 1. The van der Waals surface area contributed by atoms with Gasteiger partial charge in [0.15, 0.2) is 0 Å². The number of hydrogen-bond donors (Lipinski definition) is 1. The maximum atomic E-state index is 5.79. The van der Waals surface area contributed by atoms with Crippen molar-refractivity contribution in [1.82, 2.24) is 4.98 Å². The van der Waals surface area contributed by atoms with Crippen LogP contribution in [0.2, 0.25) is 0 Å². The van der Waals surface area contributed by atoms with Gasteiger partial charge in [0.2, 0.25) is 5.88 Å². The zero-order valence-electron chi connectivity index (χ0n) is 10.9. The lowest BCUT2D eigenvalue weighted by atomic mass is 10.1. The van der Waals surface area contributed by atoms with Gasteiger partial charge in [0, 0.05) is 11.8 Å². The highest BCUT2D eigenvalue weighted by Crippen LogP contribution is 2.25. The highest BCUT2D eigenvalue weighted by Gasteiger charge is 2.13. The minimum Gasteiger partial charge on any atom is -0.439 e. The Labute approximate surface area is 113 Å². The normalized spacial score (nSPS) is 13.3. The van der Waals surface area contributed by atoms with E-state index in [1.807, 2.05) is 18.2 Å². The van der Waals surface area contributed by atoms with Crippen LogP contribution in [0.25, 0.3) is 0 Å². The van der Waals surface area contributed by atoms with Gasteiger partial charge in [0.25, 0.3) is 0 Å². The van der Waals surface area contributed by atoms with Crippen LogP contribution >= 0.6 is 0 Å². The molecule has 3 rings (SSSR count). The first kappa shape index (κ1) is 12.2. The lowest BCUT2D eigenvalue weighted by Crippen LogP contribution is -2.02. The van der Waals surface area contributed by atoms with E-state index in [2.05, 4.69) is 23.2 Å². The Morgan fingerprint density at radius 1 is 1.05 bits per heavy atom. The van der Waals surface area contributed by atoms with Gasteiger partial charge in [0.1, 0.15) is 5.75 Å². The number of fused-ring (bicyclic) bond motifs is 1. The lowest BCUT2D eigenvalue weighted by molar-refractivity contribution is 0.461. The molecule has 0 spiro atoms.